The third-order valence-electron chi connectivity index (χ3n) is 3.04. The smallest absolute Gasteiger partial charge is 0.191 e. The van der Waals surface area contributed by atoms with Gasteiger partial charge >= 0.3 is 0 Å². The second kappa shape index (κ2) is 6.81. The van der Waals surface area contributed by atoms with Crippen molar-refractivity contribution in [3.8, 4) is 5.75 Å². The average Bonchev–Trinajstić information content (AvgIpc) is 2.90. The number of nitrogens with two attached hydrogens (primary N) is 1. The summed E-state index contributed by atoms with van der Waals surface area (Å²) in [7, 11) is 0. The van der Waals surface area contributed by atoms with Gasteiger partial charge in [0.2, 0.25) is 0 Å². The molecule has 108 valence electrons. The van der Waals surface area contributed by atoms with Crippen molar-refractivity contribution in [3.05, 3.63) is 51.7 Å². The van der Waals surface area contributed by atoms with Crippen molar-refractivity contribution in [2.75, 3.05) is 0 Å². The molecule has 1 heterocycles. The molecule has 2 aromatic rings. The van der Waals surface area contributed by atoms with Crippen LogP contribution in [0.2, 0.25) is 0 Å². The molecule has 1 unspecified atom stereocenters. The Hall–Kier alpha value is -1.46. The Morgan fingerprint density at radius 1 is 1.25 bits per heavy atom. The van der Waals surface area contributed by atoms with Gasteiger partial charge in [-0.25, -0.2) is 8.78 Å². The van der Waals surface area contributed by atoms with Crippen LogP contribution >= 0.6 is 11.3 Å². The molecule has 0 aliphatic rings. The van der Waals surface area contributed by atoms with E-state index in [2.05, 4.69) is 0 Å². The van der Waals surface area contributed by atoms with Gasteiger partial charge in [-0.05, 0) is 52.9 Å². The van der Waals surface area contributed by atoms with Crippen LogP contribution in [0.4, 0.5) is 8.78 Å². The fourth-order valence-electron chi connectivity index (χ4n) is 1.85. The summed E-state index contributed by atoms with van der Waals surface area (Å²) in [4.78, 5) is 0. The molecule has 0 fully saturated rings. The lowest BCUT2D eigenvalue weighted by Gasteiger charge is -2.12. The number of halogens is 2. The minimum absolute atomic E-state index is 0.0913. The Balaban J connectivity index is 2.10. The standard InChI is InChI=1S/C15H17F2NOS/c1-2-12(18)5-11-6-13(16)15(14(17)7-11)19-8-10-3-4-20-9-10/h3-4,6-7,9,12H,2,5,8,18H2,1H3. The van der Waals surface area contributed by atoms with Crippen LogP contribution in [0, 0.1) is 11.6 Å². The summed E-state index contributed by atoms with van der Waals surface area (Å²) >= 11 is 1.51. The van der Waals surface area contributed by atoms with Gasteiger partial charge in [0, 0.05) is 6.04 Å². The van der Waals surface area contributed by atoms with Gasteiger partial charge < -0.3 is 10.5 Å². The molecular formula is C15H17F2NOS. The van der Waals surface area contributed by atoms with E-state index in [1.54, 1.807) is 0 Å². The molecule has 1 atom stereocenters. The summed E-state index contributed by atoms with van der Waals surface area (Å²) in [6.07, 6.45) is 1.22. The molecule has 0 bridgehead atoms. The van der Waals surface area contributed by atoms with Crippen molar-refractivity contribution in [2.45, 2.75) is 32.4 Å². The van der Waals surface area contributed by atoms with Crippen molar-refractivity contribution in [1.29, 1.82) is 0 Å². The Morgan fingerprint density at radius 2 is 1.95 bits per heavy atom. The first-order chi connectivity index (χ1) is 9.60. The van der Waals surface area contributed by atoms with Crippen molar-refractivity contribution >= 4 is 11.3 Å². The summed E-state index contributed by atoms with van der Waals surface area (Å²) in [6, 6.07) is 4.35. The average molecular weight is 297 g/mol. The molecule has 2 rings (SSSR count). The van der Waals surface area contributed by atoms with Crippen LogP contribution in [0.3, 0.4) is 0 Å². The fraction of sp³-hybridized carbons (Fsp3) is 0.333. The third-order valence-corrected chi connectivity index (χ3v) is 3.78. The predicted molar refractivity (Wildman–Crippen MR) is 77.0 cm³/mol. The topological polar surface area (TPSA) is 35.2 Å². The highest BCUT2D eigenvalue weighted by Crippen LogP contribution is 2.25. The van der Waals surface area contributed by atoms with Gasteiger partial charge in [0.05, 0.1) is 0 Å². The summed E-state index contributed by atoms with van der Waals surface area (Å²) in [5.74, 6) is -1.69. The zero-order valence-corrected chi connectivity index (χ0v) is 12.1. The predicted octanol–water partition coefficient (Wildman–Crippen LogP) is 3.89. The van der Waals surface area contributed by atoms with Gasteiger partial charge in [0.25, 0.3) is 0 Å². The lowest BCUT2D eigenvalue weighted by atomic mass is 10.0. The number of hydrogen-bond donors (Lipinski definition) is 1. The molecule has 20 heavy (non-hydrogen) atoms. The molecule has 0 saturated carbocycles. The minimum atomic E-state index is -0.682. The van der Waals surface area contributed by atoms with Crippen LogP contribution in [0.25, 0.3) is 0 Å². The zero-order valence-electron chi connectivity index (χ0n) is 11.2. The molecule has 0 saturated heterocycles. The van der Waals surface area contributed by atoms with Crippen LogP contribution in [0.5, 0.6) is 5.75 Å². The molecule has 0 amide bonds. The summed E-state index contributed by atoms with van der Waals surface area (Å²) in [5, 5.41) is 3.77. The molecule has 1 aromatic carbocycles. The Labute approximate surface area is 121 Å². The molecule has 0 aliphatic heterocycles. The first kappa shape index (κ1) is 14.9. The molecule has 5 heteroatoms. The van der Waals surface area contributed by atoms with Crippen LogP contribution < -0.4 is 10.5 Å². The molecule has 0 aliphatic carbocycles. The number of hydrogen-bond acceptors (Lipinski definition) is 3. The van der Waals surface area contributed by atoms with E-state index in [0.29, 0.717) is 12.0 Å². The van der Waals surface area contributed by atoms with E-state index in [1.807, 2.05) is 23.8 Å². The largest absolute Gasteiger partial charge is 0.483 e. The molecule has 2 nitrogen and oxygen atoms in total. The molecule has 2 N–H and O–H groups in total. The SMILES string of the molecule is CCC(N)Cc1cc(F)c(OCc2ccsc2)c(F)c1. The molecular weight excluding hydrogens is 280 g/mol. The van der Waals surface area contributed by atoms with Gasteiger partial charge in [-0.3, -0.25) is 0 Å². The summed E-state index contributed by atoms with van der Waals surface area (Å²) < 4.78 is 33.0. The lowest BCUT2D eigenvalue weighted by molar-refractivity contribution is 0.274. The van der Waals surface area contributed by atoms with Gasteiger partial charge in [0.1, 0.15) is 6.61 Å². The van der Waals surface area contributed by atoms with Gasteiger partial charge in [-0.15, -0.1) is 0 Å². The Morgan fingerprint density at radius 3 is 2.50 bits per heavy atom. The van der Waals surface area contributed by atoms with Crippen LogP contribution in [0.15, 0.2) is 29.0 Å². The number of benzene rings is 1. The van der Waals surface area contributed by atoms with E-state index in [-0.39, 0.29) is 18.4 Å². The lowest BCUT2D eigenvalue weighted by Crippen LogP contribution is -2.21. The van der Waals surface area contributed by atoms with Crippen molar-refractivity contribution in [1.82, 2.24) is 0 Å². The van der Waals surface area contributed by atoms with Crippen molar-refractivity contribution in [3.63, 3.8) is 0 Å². The summed E-state index contributed by atoms with van der Waals surface area (Å²) in [6.45, 7) is 2.10. The van der Waals surface area contributed by atoms with Crippen LogP contribution in [-0.2, 0) is 13.0 Å². The normalized spacial score (nSPS) is 12.4. The number of rotatable bonds is 6. The van der Waals surface area contributed by atoms with Gasteiger partial charge in [0.15, 0.2) is 17.4 Å². The second-order valence-electron chi connectivity index (χ2n) is 4.68. The monoisotopic (exact) mass is 297 g/mol. The maximum Gasteiger partial charge on any atom is 0.191 e. The fourth-order valence-corrected chi connectivity index (χ4v) is 2.50. The quantitative estimate of drug-likeness (QED) is 0.878. The Bertz CT molecular complexity index is 534. The third kappa shape index (κ3) is 3.77. The number of thiophene rings is 1. The van der Waals surface area contributed by atoms with Crippen LogP contribution in [-0.4, -0.2) is 6.04 Å². The van der Waals surface area contributed by atoms with Crippen molar-refractivity contribution in [2.24, 2.45) is 5.73 Å². The van der Waals surface area contributed by atoms with Gasteiger partial charge in [-0.2, -0.15) is 11.3 Å². The highest BCUT2D eigenvalue weighted by Gasteiger charge is 2.14. The van der Waals surface area contributed by atoms with Crippen LogP contribution in [0.1, 0.15) is 24.5 Å². The maximum absolute atomic E-state index is 13.9. The van der Waals surface area contributed by atoms with E-state index in [0.717, 1.165) is 12.0 Å². The van der Waals surface area contributed by atoms with E-state index < -0.39 is 11.6 Å². The second-order valence-corrected chi connectivity index (χ2v) is 5.46. The Kier molecular flexibility index (Phi) is 5.09. The zero-order chi connectivity index (χ0) is 14.5. The first-order valence-electron chi connectivity index (χ1n) is 6.47. The molecule has 0 spiro atoms. The van der Waals surface area contributed by atoms with Gasteiger partial charge in [-0.1, -0.05) is 6.92 Å². The van der Waals surface area contributed by atoms with E-state index in [9.17, 15) is 8.78 Å². The molecule has 0 radical (unpaired) electrons. The van der Waals surface area contributed by atoms with E-state index in [1.165, 1.54) is 23.5 Å². The van der Waals surface area contributed by atoms with E-state index >= 15 is 0 Å². The van der Waals surface area contributed by atoms with E-state index in [4.69, 9.17) is 10.5 Å². The number of ether oxygens (including phenoxy) is 1. The highest BCUT2D eigenvalue weighted by molar-refractivity contribution is 7.07. The molecule has 1 aromatic heterocycles. The minimum Gasteiger partial charge on any atom is -0.483 e. The first-order valence-corrected chi connectivity index (χ1v) is 7.41. The maximum atomic E-state index is 13.9. The van der Waals surface area contributed by atoms with Crippen molar-refractivity contribution < 1.29 is 13.5 Å². The highest BCUT2D eigenvalue weighted by atomic mass is 32.1. The summed E-state index contributed by atoms with van der Waals surface area (Å²) in [5.41, 5.74) is 7.24.